The van der Waals surface area contributed by atoms with Crippen molar-refractivity contribution in [3.05, 3.63) is 33.2 Å². The fourth-order valence-electron chi connectivity index (χ4n) is 1.80. The summed E-state index contributed by atoms with van der Waals surface area (Å²) < 4.78 is 3.50. The molecule has 1 aromatic heterocycles. The second-order valence-corrected chi connectivity index (χ2v) is 6.49. The summed E-state index contributed by atoms with van der Waals surface area (Å²) in [6.45, 7) is 0. The minimum Gasteiger partial charge on any atom is -0.507 e. The fraction of sp³-hybridized carbons (Fsp3) is 0. The van der Waals surface area contributed by atoms with Crippen molar-refractivity contribution < 1.29 is 10.2 Å². The Labute approximate surface area is 118 Å². The highest BCUT2D eigenvalue weighted by Crippen LogP contribution is 2.42. The lowest BCUT2D eigenvalue weighted by atomic mass is 10.1. The molecule has 0 aliphatic heterocycles. The molecule has 0 unspecified atom stereocenters. The number of halogens is 2. The number of thiophene rings is 1. The van der Waals surface area contributed by atoms with Crippen LogP contribution >= 0.6 is 43.2 Å². The maximum atomic E-state index is 9.71. The van der Waals surface area contributed by atoms with Gasteiger partial charge in [-0.15, -0.1) is 11.3 Å². The standard InChI is InChI=1S/C12H6Br2O2S/c13-7-3-11-5(1-9(7)15)6-2-10(16)8(14)4-12(6)17-11/h1-4,15-16H. The summed E-state index contributed by atoms with van der Waals surface area (Å²) in [6, 6.07) is 7.21. The van der Waals surface area contributed by atoms with E-state index >= 15 is 0 Å². The van der Waals surface area contributed by atoms with Gasteiger partial charge in [-0.1, -0.05) is 0 Å². The SMILES string of the molecule is Oc1cc2c(cc1Br)sc1cc(Br)c(O)cc12. The minimum absolute atomic E-state index is 0.208. The molecule has 0 saturated heterocycles. The van der Waals surface area contributed by atoms with Crippen LogP contribution in [0.15, 0.2) is 33.2 Å². The smallest absolute Gasteiger partial charge is 0.130 e. The maximum absolute atomic E-state index is 9.71. The van der Waals surface area contributed by atoms with E-state index in [9.17, 15) is 10.2 Å². The number of benzene rings is 2. The lowest BCUT2D eigenvalue weighted by Crippen LogP contribution is -1.71. The molecule has 0 spiro atoms. The summed E-state index contributed by atoms with van der Waals surface area (Å²) in [7, 11) is 0. The van der Waals surface area contributed by atoms with Gasteiger partial charge in [-0.2, -0.15) is 0 Å². The van der Waals surface area contributed by atoms with Gasteiger partial charge in [-0.05, 0) is 56.1 Å². The highest BCUT2D eigenvalue weighted by molar-refractivity contribution is 9.11. The molecule has 0 atom stereocenters. The normalized spacial score (nSPS) is 11.4. The Kier molecular flexibility index (Phi) is 2.57. The first kappa shape index (κ1) is 11.3. The highest BCUT2D eigenvalue weighted by Gasteiger charge is 2.10. The zero-order valence-corrected chi connectivity index (χ0v) is 12.4. The van der Waals surface area contributed by atoms with E-state index in [2.05, 4.69) is 31.9 Å². The number of phenols is 2. The third kappa shape index (κ3) is 1.73. The molecule has 0 aliphatic carbocycles. The van der Waals surface area contributed by atoms with Crippen molar-refractivity contribution in [2.24, 2.45) is 0 Å². The number of rotatable bonds is 0. The van der Waals surface area contributed by atoms with Gasteiger partial charge >= 0.3 is 0 Å². The second-order valence-electron chi connectivity index (χ2n) is 3.70. The minimum atomic E-state index is 0.208. The molecule has 3 rings (SSSR count). The van der Waals surface area contributed by atoms with E-state index in [-0.39, 0.29) is 11.5 Å². The summed E-state index contributed by atoms with van der Waals surface area (Å²) in [6.07, 6.45) is 0. The molecule has 86 valence electrons. The summed E-state index contributed by atoms with van der Waals surface area (Å²) in [5.74, 6) is 0.416. The Bertz CT molecular complexity index is 687. The van der Waals surface area contributed by atoms with Crippen molar-refractivity contribution in [2.75, 3.05) is 0 Å². The van der Waals surface area contributed by atoms with Crippen LogP contribution in [0, 0.1) is 0 Å². The Morgan fingerprint density at radius 3 is 1.59 bits per heavy atom. The van der Waals surface area contributed by atoms with Crippen LogP contribution in [0.3, 0.4) is 0 Å². The highest BCUT2D eigenvalue weighted by atomic mass is 79.9. The number of hydrogen-bond donors (Lipinski definition) is 2. The Hall–Kier alpha value is -0.780. The Balaban J connectivity index is 2.51. The van der Waals surface area contributed by atoms with E-state index in [1.165, 1.54) is 0 Å². The third-order valence-corrected chi connectivity index (χ3v) is 4.99. The number of hydrogen-bond acceptors (Lipinski definition) is 3. The van der Waals surface area contributed by atoms with Gasteiger partial charge in [0.1, 0.15) is 11.5 Å². The van der Waals surface area contributed by atoms with Crippen molar-refractivity contribution >= 4 is 63.4 Å². The van der Waals surface area contributed by atoms with Gasteiger partial charge in [0.25, 0.3) is 0 Å². The van der Waals surface area contributed by atoms with Gasteiger partial charge in [0.15, 0.2) is 0 Å². The number of phenolic OH excluding ortho intramolecular Hbond substituents is 2. The van der Waals surface area contributed by atoms with Gasteiger partial charge in [-0.25, -0.2) is 0 Å². The van der Waals surface area contributed by atoms with E-state index in [4.69, 9.17) is 0 Å². The van der Waals surface area contributed by atoms with Crippen LogP contribution < -0.4 is 0 Å². The molecule has 17 heavy (non-hydrogen) atoms. The lowest BCUT2D eigenvalue weighted by molar-refractivity contribution is 0.472. The predicted molar refractivity (Wildman–Crippen MR) is 78.1 cm³/mol. The van der Waals surface area contributed by atoms with Gasteiger partial charge in [0.2, 0.25) is 0 Å². The quantitative estimate of drug-likeness (QED) is 0.582. The van der Waals surface area contributed by atoms with Crippen molar-refractivity contribution in [3.63, 3.8) is 0 Å². The third-order valence-electron chi connectivity index (χ3n) is 2.61. The summed E-state index contributed by atoms with van der Waals surface area (Å²) in [4.78, 5) is 0. The summed E-state index contributed by atoms with van der Waals surface area (Å²) >= 11 is 8.23. The molecule has 2 aromatic carbocycles. The van der Waals surface area contributed by atoms with E-state index in [1.807, 2.05) is 12.1 Å². The number of fused-ring (bicyclic) bond motifs is 3. The molecule has 0 amide bonds. The molecule has 0 aliphatic rings. The van der Waals surface area contributed by atoms with Crippen LogP contribution in [0.2, 0.25) is 0 Å². The molecular formula is C12H6Br2O2S. The summed E-state index contributed by atoms with van der Waals surface area (Å²) in [5.41, 5.74) is 0. The molecule has 5 heteroatoms. The zero-order valence-electron chi connectivity index (χ0n) is 8.37. The van der Waals surface area contributed by atoms with Gasteiger partial charge in [-0.3, -0.25) is 0 Å². The first-order valence-corrected chi connectivity index (χ1v) is 7.20. The molecule has 2 N–H and O–H groups in total. The first-order valence-electron chi connectivity index (χ1n) is 4.79. The average Bonchev–Trinajstić information content (AvgIpc) is 2.58. The van der Waals surface area contributed by atoms with E-state index in [1.54, 1.807) is 23.5 Å². The van der Waals surface area contributed by atoms with Crippen LogP contribution in [-0.4, -0.2) is 10.2 Å². The summed E-state index contributed by atoms with van der Waals surface area (Å²) in [5, 5.41) is 21.3. The van der Waals surface area contributed by atoms with Crippen LogP contribution in [0.25, 0.3) is 20.2 Å². The molecule has 0 bridgehead atoms. The van der Waals surface area contributed by atoms with Crippen LogP contribution in [0.5, 0.6) is 11.5 Å². The predicted octanol–water partition coefficient (Wildman–Crippen LogP) is 4.99. The van der Waals surface area contributed by atoms with Crippen LogP contribution in [-0.2, 0) is 0 Å². The lowest BCUT2D eigenvalue weighted by Gasteiger charge is -1.98. The van der Waals surface area contributed by atoms with Crippen LogP contribution in [0.1, 0.15) is 0 Å². The average molecular weight is 374 g/mol. The van der Waals surface area contributed by atoms with Crippen molar-refractivity contribution in [3.8, 4) is 11.5 Å². The molecular weight excluding hydrogens is 368 g/mol. The van der Waals surface area contributed by atoms with Crippen molar-refractivity contribution in [2.45, 2.75) is 0 Å². The van der Waals surface area contributed by atoms with Crippen molar-refractivity contribution in [1.82, 2.24) is 0 Å². The van der Waals surface area contributed by atoms with E-state index < -0.39 is 0 Å². The maximum Gasteiger partial charge on any atom is 0.130 e. The van der Waals surface area contributed by atoms with Crippen molar-refractivity contribution in [1.29, 1.82) is 0 Å². The number of aromatic hydroxyl groups is 2. The molecule has 1 heterocycles. The van der Waals surface area contributed by atoms with Gasteiger partial charge in [0, 0.05) is 20.2 Å². The zero-order chi connectivity index (χ0) is 12.2. The first-order chi connectivity index (χ1) is 8.06. The monoisotopic (exact) mass is 372 g/mol. The van der Waals surface area contributed by atoms with E-state index in [0.29, 0.717) is 8.95 Å². The van der Waals surface area contributed by atoms with Gasteiger partial charge < -0.3 is 10.2 Å². The largest absolute Gasteiger partial charge is 0.507 e. The molecule has 0 radical (unpaired) electrons. The van der Waals surface area contributed by atoms with Gasteiger partial charge in [0.05, 0.1) is 8.95 Å². The van der Waals surface area contributed by atoms with Crippen LogP contribution in [0.4, 0.5) is 0 Å². The fourth-order valence-corrected chi connectivity index (χ4v) is 3.93. The Morgan fingerprint density at radius 2 is 1.18 bits per heavy atom. The molecule has 0 fully saturated rings. The second kappa shape index (κ2) is 3.86. The topological polar surface area (TPSA) is 40.5 Å². The molecule has 0 saturated carbocycles. The molecule has 3 aromatic rings. The Morgan fingerprint density at radius 1 is 0.765 bits per heavy atom. The molecule has 2 nitrogen and oxygen atoms in total. The van der Waals surface area contributed by atoms with E-state index in [0.717, 1.165) is 20.2 Å².